The van der Waals surface area contributed by atoms with Crippen LogP contribution >= 0.6 is 0 Å². The topological polar surface area (TPSA) is 123 Å². The summed E-state index contributed by atoms with van der Waals surface area (Å²) in [5.41, 5.74) is 0.0488. The molecule has 3 aromatic rings. The van der Waals surface area contributed by atoms with Crippen LogP contribution in [0.4, 0.5) is 5.69 Å². The van der Waals surface area contributed by atoms with E-state index in [1.165, 1.54) is 31.2 Å². The fraction of sp³-hybridized carbons (Fsp3) is 0.500. The van der Waals surface area contributed by atoms with Gasteiger partial charge in [-0.3, -0.25) is 24.1 Å². The van der Waals surface area contributed by atoms with Crippen molar-refractivity contribution in [3.05, 3.63) is 78.1 Å². The number of carbonyl (C=O) groups is 4. The molecule has 0 N–H and O–H groups in total. The molecule has 0 unspecified atom stereocenters. The van der Waals surface area contributed by atoms with Gasteiger partial charge in [-0.1, -0.05) is 0 Å². The van der Waals surface area contributed by atoms with Gasteiger partial charge in [0.25, 0.3) is 5.91 Å². The van der Waals surface area contributed by atoms with Gasteiger partial charge in [0, 0.05) is 23.1 Å². The number of hydrogen-bond donors (Lipinski definition) is 0. The average molecular weight is 660 g/mol. The molecule has 0 aliphatic carbocycles. The summed E-state index contributed by atoms with van der Waals surface area (Å²) in [5, 5.41) is 5.97. The van der Waals surface area contributed by atoms with Gasteiger partial charge >= 0.3 is 5.97 Å². The standard InChI is InChI=1S/C27H35N3O3.C11H14O4/c1-25(2)16-18(17-26(3,4)29(25)7)15-21(31)19-10-12-20(13-11-19)30-24(32)27(5,6)23(28-30)22-9-8-14-33-22;1-4-14-10(13)11(2,3)9(12)8-6-5-7-15-8/h8-14,18H,15-17H2,1-7H3;5-7H,4H2,1-3H3. The maximum absolute atomic E-state index is 13.1. The quantitative estimate of drug-likeness (QED) is 0.131. The first-order valence-electron chi connectivity index (χ1n) is 16.4. The van der Waals surface area contributed by atoms with Gasteiger partial charge in [0.2, 0.25) is 5.78 Å². The van der Waals surface area contributed by atoms with Crippen molar-refractivity contribution in [2.45, 2.75) is 92.7 Å². The van der Waals surface area contributed by atoms with E-state index in [1.54, 1.807) is 37.5 Å². The Morgan fingerprint density at radius 1 is 0.917 bits per heavy atom. The summed E-state index contributed by atoms with van der Waals surface area (Å²) in [6.07, 6.45) is 5.51. The molecule has 10 heteroatoms. The summed E-state index contributed by atoms with van der Waals surface area (Å²) >= 11 is 0. The highest BCUT2D eigenvalue weighted by Crippen LogP contribution is 2.42. The van der Waals surface area contributed by atoms with Crippen molar-refractivity contribution >= 4 is 34.8 Å². The predicted molar refractivity (Wildman–Crippen MR) is 184 cm³/mol. The number of Topliss-reactive ketones (excluding diaryl/α,β-unsaturated/α-hetero) is 2. The number of likely N-dealkylation sites (tertiary alicyclic amines) is 1. The molecule has 258 valence electrons. The molecule has 48 heavy (non-hydrogen) atoms. The van der Waals surface area contributed by atoms with Crippen LogP contribution in [0.5, 0.6) is 0 Å². The highest BCUT2D eigenvalue weighted by molar-refractivity contribution is 6.23. The Hall–Kier alpha value is -4.31. The first-order chi connectivity index (χ1) is 22.3. The smallest absolute Gasteiger partial charge is 0.319 e. The second-order valence-corrected chi connectivity index (χ2v) is 15.0. The molecule has 0 atom stereocenters. The van der Waals surface area contributed by atoms with Crippen LogP contribution in [0.2, 0.25) is 0 Å². The van der Waals surface area contributed by atoms with Crippen LogP contribution in [0.3, 0.4) is 0 Å². The third kappa shape index (κ3) is 7.38. The van der Waals surface area contributed by atoms with Crippen LogP contribution in [0.1, 0.15) is 108 Å². The van der Waals surface area contributed by atoms with Gasteiger partial charge < -0.3 is 13.6 Å². The van der Waals surface area contributed by atoms with Gasteiger partial charge in [0.05, 0.1) is 30.2 Å². The number of carbonyl (C=O) groups excluding carboxylic acids is 4. The van der Waals surface area contributed by atoms with Crippen molar-refractivity contribution in [2.75, 3.05) is 18.7 Å². The van der Waals surface area contributed by atoms with Gasteiger partial charge in [-0.05, 0) is 137 Å². The Kier molecular flexibility index (Phi) is 10.4. The number of hydrogen-bond acceptors (Lipinski definition) is 9. The largest absolute Gasteiger partial charge is 0.465 e. The van der Waals surface area contributed by atoms with Crippen LogP contribution in [-0.2, 0) is 14.3 Å². The minimum Gasteiger partial charge on any atom is -0.465 e. The molecule has 0 bridgehead atoms. The van der Waals surface area contributed by atoms with Gasteiger partial charge in [0.15, 0.2) is 17.3 Å². The fourth-order valence-electron chi connectivity index (χ4n) is 6.59. The van der Waals surface area contributed by atoms with Gasteiger partial charge in [-0.15, -0.1) is 0 Å². The molecule has 2 aliphatic rings. The van der Waals surface area contributed by atoms with E-state index in [4.69, 9.17) is 13.6 Å². The molecule has 0 saturated carbocycles. The van der Waals surface area contributed by atoms with E-state index in [0.29, 0.717) is 35.1 Å². The van der Waals surface area contributed by atoms with E-state index in [2.05, 4.69) is 44.7 Å². The summed E-state index contributed by atoms with van der Waals surface area (Å²) in [5.74, 6) is 0.233. The maximum Gasteiger partial charge on any atom is 0.319 e. The molecule has 5 rings (SSSR count). The van der Waals surface area contributed by atoms with E-state index in [1.807, 2.05) is 32.0 Å². The van der Waals surface area contributed by atoms with Crippen molar-refractivity contribution in [3.8, 4) is 0 Å². The number of hydrazone groups is 1. The molecule has 2 aromatic heterocycles. The van der Waals surface area contributed by atoms with Crippen molar-refractivity contribution in [3.63, 3.8) is 0 Å². The molecule has 10 nitrogen and oxygen atoms in total. The first kappa shape index (κ1) is 36.5. The number of nitrogens with zero attached hydrogens (tertiary/aromatic N) is 3. The fourth-order valence-corrected chi connectivity index (χ4v) is 6.59. The lowest BCUT2D eigenvalue weighted by molar-refractivity contribution is -0.150. The molecule has 0 radical (unpaired) electrons. The molecule has 1 amide bonds. The summed E-state index contributed by atoms with van der Waals surface area (Å²) in [6.45, 7) is 17.7. The summed E-state index contributed by atoms with van der Waals surface area (Å²) in [4.78, 5) is 51.9. The molecule has 1 saturated heterocycles. The van der Waals surface area contributed by atoms with E-state index < -0.39 is 16.8 Å². The molecule has 4 heterocycles. The van der Waals surface area contributed by atoms with Crippen LogP contribution in [0, 0.1) is 16.7 Å². The third-order valence-corrected chi connectivity index (χ3v) is 9.67. The molecule has 2 aliphatic heterocycles. The van der Waals surface area contributed by atoms with Crippen molar-refractivity contribution in [1.82, 2.24) is 4.90 Å². The van der Waals surface area contributed by atoms with Crippen LogP contribution < -0.4 is 5.01 Å². The third-order valence-electron chi connectivity index (χ3n) is 9.67. The predicted octanol–water partition coefficient (Wildman–Crippen LogP) is 7.58. The zero-order valence-corrected chi connectivity index (χ0v) is 29.9. The normalized spacial score (nSPS) is 18.9. The second-order valence-electron chi connectivity index (χ2n) is 15.0. The molecule has 0 spiro atoms. The van der Waals surface area contributed by atoms with Crippen molar-refractivity contribution in [2.24, 2.45) is 21.8 Å². The Balaban J connectivity index is 0.000000291. The Morgan fingerprint density at radius 2 is 1.50 bits per heavy atom. The minimum atomic E-state index is -1.20. The van der Waals surface area contributed by atoms with E-state index in [9.17, 15) is 19.2 Å². The minimum absolute atomic E-state index is 0.0587. The highest BCUT2D eigenvalue weighted by Gasteiger charge is 2.46. The molecule has 1 aromatic carbocycles. The molecular weight excluding hydrogens is 610 g/mol. The zero-order chi connectivity index (χ0) is 35.7. The molecular formula is C38H49N3O7. The number of rotatable bonds is 9. The second kappa shape index (κ2) is 13.7. The Morgan fingerprint density at radius 3 is 2.02 bits per heavy atom. The number of esters is 1. The number of ketones is 2. The highest BCUT2D eigenvalue weighted by atomic mass is 16.5. The van der Waals surface area contributed by atoms with Crippen molar-refractivity contribution < 1.29 is 32.7 Å². The lowest BCUT2D eigenvalue weighted by Gasteiger charge is -2.53. The van der Waals surface area contributed by atoms with Crippen LogP contribution in [0.15, 0.2) is 75.0 Å². The van der Waals surface area contributed by atoms with Crippen LogP contribution in [-0.4, -0.2) is 58.8 Å². The number of ether oxygens (including phenoxy) is 1. The summed E-state index contributed by atoms with van der Waals surface area (Å²) in [6, 6.07) is 14.0. The number of amides is 1. The average Bonchev–Trinajstić information content (AvgIpc) is 3.78. The van der Waals surface area contributed by atoms with Crippen molar-refractivity contribution in [1.29, 1.82) is 0 Å². The zero-order valence-electron chi connectivity index (χ0n) is 29.9. The monoisotopic (exact) mass is 659 g/mol. The number of benzene rings is 1. The van der Waals surface area contributed by atoms with E-state index in [0.717, 1.165) is 12.8 Å². The lowest BCUT2D eigenvalue weighted by atomic mass is 9.72. The Bertz CT molecular complexity index is 1630. The first-order valence-corrected chi connectivity index (χ1v) is 16.4. The summed E-state index contributed by atoms with van der Waals surface area (Å²) < 4.78 is 15.3. The van der Waals surface area contributed by atoms with Gasteiger partial charge in [-0.25, -0.2) is 0 Å². The van der Waals surface area contributed by atoms with E-state index in [-0.39, 0.29) is 40.9 Å². The number of furan rings is 2. The SMILES string of the molecule is CCOC(=O)C(C)(C)C(=O)c1ccco1.CN1C(C)(C)CC(CC(=O)c2ccc(N3N=C(c4ccco4)C(C)(C)C3=O)cc2)CC1(C)C. The maximum atomic E-state index is 13.1. The van der Waals surface area contributed by atoms with E-state index >= 15 is 0 Å². The number of piperidine rings is 1. The number of anilines is 1. The molecule has 1 fully saturated rings. The van der Waals surface area contributed by atoms with Gasteiger partial charge in [-0.2, -0.15) is 10.1 Å². The van der Waals surface area contributed by atoms with Crippen LogP contribution in [0.25, 0.3) is 0 Å². The lowest BCUT2D eigenvalue weighted by Crippen LogP contribution is -2.58. The summed E-state index contributed by atoms with van der Waals surface area (Å²) in [7, 11) is 2.18. The van der Waals surface area contributed by atoms with Gasteiger partial charge in [0.1, 0.15) is 11.1 Å². The Labute approximate surface area is 283 Å².